The monoisotopic (exact) mass is 255 g/mol. The number of aliphatic hydroxyl groups excluding tert-OH is 1. The van der Waals surface area contributed by atoms with Crippen LogP contribution in [0.15, 0.2) is 18.2 Å². The molecule has 0 aliphatic heterocycles. The first-order valence-electron chi connectivity index (χ1n) is 5.62. The number of ether oxygens (including phenoxy) is 1. The van der Waals surface area contributed by atoms with Crippen molar-refractivity contribution in [2.75, 3.05) is 20.3 Å². The molecule has 0 fully saturated rings. The first kappa shape index (κ1) is 14.4. The van der Waals surface area contributed by atoms with Gasteiger partial charge in [0.05, 0.1) is 7.11 Å². The van der Waals surface area contributed by atoms with Crippen LogP contribution >= 0.6 is 0 Å². The summed E-state index contributed by atoms with van der Waals surface area (Å²) < 4.78 is 18.4. The highest BCUT2D eigenvalue weighted by Crippen LogP contribution is 2.26. The third-order valence-electron chi connectivity index (χ3n) is 2.80. The number of aliphatic hydroxyl groups is 1. The van der Waals surface area contributed by atoms with Gasteiger partial charge in [0.15, 0.2) is 11.6 Å². The lowest BCUT2D eigenvalue weighted by molar-refractivity contribution is -0.124. The number of carbonyl (C=O) groups is 1. The number of halogens is 1. The Morgan fingerprint density at radius 3 is 2.67 bits per heavy atom. The molecule has 1 rings (SSSR count). The molecule has 1 aromatic carbocycles. The molecule has 0 heterocycles. The fraction of sp³-hybridized carbons (Fsp3) is 0.462. The van der Waals surface area contributed by atoms with Crippen LogP contribution in [0.2, 0.25) is 0 Å². The second-order valence-corrected chi connectivity index (χ2v) is 4.67. The van der Waals surface area contributed by atoms with Crippen LogP contribution in [-0.4, -0.2) is 31.3 Å². The van der Waals surface area contributed by atoms with E-state index >= 15 is 0 Å². The van der Waals surface area contributed by atoms with E-state index in [0.29, 0.717) is 6.54 Å². The largest absolute Gasteiger partial charge is 0.494 e. The molecule has 5 heteroatoms. The summed E-state index contributed by atoms with van der Waals surface area (Å²) in [5, 5.41) is 11.2. The maximum Gasteiger partial charge on any atom is 0.245 e. The van der Waals surface area contributed by atoms with E-state index in [0.717, 1.165) is 5.56 Å². The number of amides is 1. The Balaban J connectivity index is 2.84. The highest BCUT2D eigenvalue weighted by molar-refractivity contribution is 5.76. The Kier molecular flexibility index (Phi) is 4.67. The Morgan fingerprint density at radius 1 is 1.50 bits per heavy atom. The minimum absolute atomic E-state index is 0.189. The quantitative estimate of drug-likeness (QED) is 0.831. The van der Waals surface area contributed by atoms with E-state index < -0.39 is 23.7 Å². The van der Waals surface area contributed by atoms with E-state index in [1.165, 1.54) is 13.2 Å². The van der Waals surface area contributed by atoms with Gasteiger partial charge in [0.25, 0.3) is 0 Å². The summed E-state index contributed by atoms with van der Waals surface area (Å²) >= 11 is 0. The summed E-state index contributed by atoms with van der Waals surface area (Å²) in [6.07, 6.45) is 0. The second-order valence-electron chi connectivity index (χ2n) is 4.67. The molecule has 0 bridgehead atoms. The number of benzene rings is 1. The predicted molar refractivity (Wildman–Crippen MR) is 66.1 cm³/mol. The van der Waals surface area contributed by atoms with Crippen LogP contribution in [-0.2, 0) is 10.2 Å². The van der Waals surface area contributed by atoms with Crippen molar-refractivity contribution in [3.63, 3.8) is 0 Å². The fourth-order valence-electron chi connectivity index (χ4n) is 1.56. The van der Waals surface area contributed by atoms with E-state index in [2.05, 4.69) is 5.32 Å². The minimum atomic E-state index is -0.549. The zero-order chi connectivity index (χ0) is 13.8. The van der Waals surface area contributed by atoms with Crippen molar-refractivity contribution in [1.29, 1.82) is 0 Å². The Bertz CT molecular complexity index is 432. The normalized spacial score (nSPS) is 11.2. The smallest absolute Gasteiger partial charge is 0.245 e. The molecule has 18 heavy (non-hydrogen) atoms. The third-order valence-corrected chi connectivity index (χ3v) is 2.80. The second kappa shape index (κ2) is 5.82. The minimum Gasteiger partial charge on any atom is -0.494 e. The predicted octanol–water partition coefficient (Wildman–Crippen LogP) is 1.22. The molecule has 0 saturated heterocycles. The lowest BCUT2D eigenvalue weighted by Gasteiger charge is -2.25. The number of hydrogen-bond donors (Lipinski definition) is 2. The van der Waals surface area contributed by atoms with Crippen molar-refractivity contribution >= 4 is 5.91 Å². The zero-order valence-electron chi connectivity index (χ0n) is 10.8. The Labute approximate surface area is 106 Å². The lowest BCUT2D eigenvalue weighted by Crippen LogP contribution is -2.38. The SMILES string of the molecule is COc1ccc(C(C)(C)CNC(=O)CO)cc1F. The molecule has 0 radical (unpaired) electrons. The van der Waals surface area contributed by atoms with E-state index in [4.69, 9.17) is 9.84 Å². The Morgan fingerprint density at radius 2 is 2.17 bits per heavy atom. The standard InChI is InChI=1S/C13H18FNO3/c1-13(2,8-15-12(17)7-16)9-4-5-11(18-3)10(14)6-9/h4-6,16H,7-8H2,1-3H3,(H,15,17). The molecule has 0 aliphatic rings. The third kappa shape index (κ3) is 3.43. The van der Waals surface area contributed by atoms with Crippen LogP contribution in [0.4, 0.5) is 4.39 Å². The molecular weight excluding hydrogens is 237 g/mol. The average molecular weight is 255 g/mol. The maximum atomic E-state index is 13.6. The van der Waals surface area contributed by atoms with Gasteiger partial charge in [-0.2, -0.15) is 0 Å². The lowest BCUT2D eigenvalue weighted by atomic mass is 9.84. The van der Waals surface area contributed by atoms with Crippen LogP contribution in [0.25, 0.3) is 0 Å². The summed E-state index contributed by atoms with van der Waals surface area (Å²) in [6, 6.07) is 4.71. The van der Waals surface area contributed by atoms with Gasteiger partial charge in [-0.3, -0.25) is 4.79 Å². The highest BCUT2D eigenvalue weighted by Gasteiger charge is 2.22. The van der Waals surface area contributed by atoms with Crippen molar-refractivity contribution < 1.29 is 19.0 Å². The molecule has 0 saturated carbocycles. The molecule has 0 spiro atoms. The number of rotatable bonds is 5. The van der Waals surface area contributed by atoms with E-state index in [9.17, 15) is 9.18 Å². The molecule has 0 aromatic heterocycles. The van der Waals surface area contributed by atoms with Crippen LogP contribution in [0.5, 0.6) is 5.75 Å². The van der Waals surface area contributed by atoms with Gasteiger partial charge in [-0.15, -0.1) is 0 Å². The van der Waals surface area contributed by atoms with Crippen LogP contribution in [0, 0.1) is 5.82 Å². The van der Waals surface area contributed by atoms with Gasteiger partial charge in [0, 0.05) is 12.0 Å². The van der Waals surface area contributed by atoms with E-state index in [-0.39, 0.29) is 5.75 Å². The van der Waals surface area contributed by atoms with Crippen LogP contribution in [0.3, 0.4) is 0 Å². The average Bonchev–Trinajstić information content (AvgIpc) is 2.35. The first-order chi connectivity index (χ1) is 8.40. The van der Waals surface area contributed by atoms with Gasteiger partial charge in [-0.25, -0.2) is 4.39 Å². The molecule has 4 nitrogen and oxygen atoms in total. The summed E-state index contributed by atoms with van der Waals surface area (Å²) in [7, 11) is 1.41. The van der Waals surface area contributed by atoms with Crippen molar-refractivity contribution in [2.45, 2.75) is 19.3 Å². The van der Waals surface area contributed by atoms with Gasteiger partial charge in [-0.1, -0.05) is 19.9 Å². The number of hydrogen-bond acceptors (Lipinski definition) is 3. The number of nitrogens with one attached hydrogen (secondary N) is 1. The molecule has 1 aromatic rings. The highest BCUT2D eigenvalue weighted by atomic mass is 19.1. The summed E-state index contributed by atoms with van der Waals surface area (Å²) in [4.78, 5) is 11.0. The summed E-state index contributed by atoms with van der Waals surface area (Å²) in [5.41, 5.74) is 0.317. The Hall–Kier alpha value is -1.62. The molecule has 2 N–H and O–H groups in total. The van der Waals surface area contributed by atoms with Gasteiger partial charge >= 0.3 is 0 Å². The first-order valence-corrected chi connectivity index (χ1v) is 5.62. The number of carbonyl (C=O) groups excluding carboxylic acids is 1. The van der Waals surface area contributed by atoms with Crippen molar-refractivity contribution in [3.05, 3.63) is 29.6 Å². The summed E-state index contributed by atoms with van der Waals surface area (Å²) in [5.74, 6) is -0.692. The maximum absolute atomic E-state index is 13.6. The molecule has 0 atom stereocenters. The van der Waals surface area contributed by atoms with E-state index in [1.807, 2.05) is 13.8 Å². The van der Waals surface area contributed by atoms with Gasteiger partial charge in [0.1, 0.15) is 6.61 Å². The zero-order valence-corrected chi connectivity index (χ0v) is 10.8. The number of methoxy groups -OCH3 is 1. The van der Waals surface area contributed by atoms with Gasteiger partial charge < -0.3 is 15.2 Å². The molecule has 0 aliphatic carbocycles. The fourth-order valence-corrected chi connectivity index (χ4v) is 1.56. The van der Waals surface area contributed by atoms with E-state index in [1.54, 1.807) is 12.1 Å². The van der Waals surface area contributed by atoms with Crippen molar-refractivity contribution in [2.24, 2.45) is 0 Å². The van der Waals surface area contributed by atoms with Crippen molar-refractivity contribution in [3.8, 4) is 5.75 Å². The summed E-state index contributed by atoms with van der Waals surface area (Å²) in [6.45, 7) is 3.53. The van der Waals surface area contributed by atoms with Gasteiger partial charge in [0.2, 0.25) is 5.91 Å². The molecule has 1 amide bonds. The van der Waals surface area contributed by atoms with Crippen LogP contribution < -0.4 is 10.1 Å². The van der Waals surface area contributed by atoms with Crippen molar-refractivity contribution in [1.82, 2.24) is 5.32 Å². The molecular formula is C13H18FNO3. The van der Waals surface area contributed by atoms with Gasteiger partial charge in [-0.05, 0) is 17.7 Å². The molecule has 0 unspecified atom stereocenters. The van der Waals surface area contributed by atoms with Crippen LogP contribution in [0.1, 0.15) is 19.4 Å². The topological polar surface area (TPSA) is 58.6 Å². The molecule has 100 valence electrons.